The van der Waals surface area contributed by atoms with Crippen LogP contribution in [-0.4, -0.2) is 0 Å². The second-order valence-electron chi connectivity index (χ2n) is 4.85. The molecule has 0 fully saturated rings. The molecular formula is C17H15Br. The zero-order valence-electron chi connectivity index (χ0n) is 10.6. The lowest BCUT2D eigenvalue weighted by Gasteiger charge is -2.15. The smallest absolute Gasteiger partial charge is 0.0259 e. The van der Waals surface area contributed by atoms with Gasteiger partial charge in [0.15, 0.2) is 0 Å². The molecule has 0 saturated carbocycles. The highest BCUT2D eigenvalue weighted by Gasteiger charge is 2.16. The molecular weight excluding hydrogens is 284 g/mol. The summed E-state index contributed by atoms with van der Waals surface area (Å²) < 4.78 is 1.21. The van der Waals surface area contributed by atoms with E-state index in [2.05, 4.69) is 72.3 Å². The molecule has 0 atom stereocenters. The second kappa shape index (κ2) is 4.40. The molecule has 18 heavy (non-hydrogen) atoms. The van der Waals surface area contributed by atoms with Gasteiger partial charge in [-0.05, 0) is 59.7 Å². The molecule has 0 bridgehead atoms. The summed E-state index contributed by atoms with van der Waals surface area (Å²) in [4.78, 5) is 0. The number of fused-ring (bicyclic) bond motifs is 1. The number of hydrogen-bond donors (Lipinski definition) is 0. The van der Waals surface area contributed by atoms with Crippen LogP contribution in [0.2, 0.25) is 0 Å². The van der Waals surface area contributed by atoms with Gasteiger partial charge in [-0.2, -0.15) is 0 Å². The third kappa shape index (κ3) is 1.74. The number of halogens is 1. The van der Waals surface area contributed by atoms with Gasteiger partial charge in [0.25, 0.3) is 0 Å². The van der Waals surface area contributed by atoms with E-state index in [4.69, 9.17) is 0 Å². The van der Waals surface area contributed by atoms with Gasteiger partial charge in [0, 0.05) is 4.47 Å². The summed E-state index contributed by atoms with van der Waals surface area (Å²) in [6, 6.07) is 10.8. The van der Waals surface area contributed by atoms with Crippen LogP contribution in [0.4, 0.5) is 0 Å². The maximum absolute atomic E-state index is 3.74. The van der Waals surface area contributed by atoms with Gasteiger partial charge < -0.3 is 0 Å². The van der Waals surface area contributed by atoms with Crippen LogP contribution in [0.25, 0.3) is 17.2 Å². The zero-order valence-corrected chi connectivity index (χ0v) is 12.2. The highest BCUT2D eigenvalue weighted by Crippen LogP contribution is 2.39. The molecule has 0 amide bonds. The number of rotatable bonds is 1. The molecule has 1 aliphatic carbocycles. The monoisotopic (exact) mass is 298 g/mol. The minimum atomic E-state index is 1.06. The summed E-state index contributed by atoms with van der Waals surface area (Å²) in [6.07, 6.45) is 5.55. The van der Waals surface area contributed by atoms with Crippen LogP contribution in [0.3, 0.4) is 0 Å². The molecule has 0 unspecified atom stereocenters. The van der Waals surface area contributed by atoms with E-state index in [1.165, 1.54) is 37.9 Å². The molecule has 0 radical (unpaired) electrons. The lowest BCUT2D eigenvalue weighted by atomic mass is 9.92. The molecule has 0 aliphatic heterocycles. The molecule has 0 aromatic heterocycles. The number of allylic oxidation sites excluding steroid dienone is 1. The normalized spacial score (nSPS) is 12.8. The minimum Gasteiger partial charge on any atom is -0.0795 e. The Balaban J connectivity index is 2.31. The fraction of sp³-hybridized carbons (Fsp3) is 0.176. The van der Waals surface area contributed by atoms with E-state index in [9.17, 15) is 0 Å². The lowest BCUT2D eigenvalue weighted by molar-refractivity contribution is 1.27. The van der Waals surface area contributed by atoms with E-state index < -0.39 is 0 Å². The summed E-state index contributed by atoms with van der Waals surface area (Å²) in [5, 5.41) is 0. The summed E-state index contributed by atoms with van der Waals surface area (Å²) in [7, 11) is 0. The maximum Gasteiger partial charge on any atom is 0.0259 e. The average molecular weight is 299 g/mol. The number of hydrogen-bond acceptors (Lipinski definition) is 0. The molecule has 0 heterocycles. The van der Waals surface area contributed by atoms with Crippen molar-refractivity contribution in [3.05, 3.63) is 63.1 Å². The van der Waals surface area contributed by atoms with Gasteiger partial charge in [0.2, 0.25) is 0 Å². The summed E-state index contributed by atoms with van der Waals surface area (Å²) in [5.41, 5.74) is 8.18. The molecule has 2 aromatic carbocycles. The molecule has 90 valence electrons. The van der Waals surface area contributed by atoms with Crippen molar-refractivity contribution in [2.75, 3.05) is 0 Å². The van der Waals surface area contributed by atoms with Crippen molar-refractivity contribution in [1.82, 2.24) is 0 Å². The molecule has 0 nitrogen and oxygen atoms in total. The topological polar surface area (TPSA) is 0 Å². The van der Waals surface area contributed by atoms with Gasteiger partial charge in [0.05, 0.1) is 0 Å². The second-order valence-corrected chi connectivity index (χ2v) is 5.71. The van der Waals surface area contributed by atoms with Gasteiger partial charge in [-0.1, -0.05) is 52.3 Å². The molecule has 3 rings (SSSR count). The van der Waals surface area contributed by atoms with Gasteiger partial charge in [-0.3, -0.25) is 0 Å². The number of benzene rings is 2. The highest BCUT2D eigenvalue weighted by atomic mass is 79.9. The van der Waals surface area contributed by atoms with Crippen molar-refractivity contribution >= 4 is 22.0 Å². The van der Waals surface area contributed by atoms with E-state index in [1.54, 1.807) is 0 Å². The van der Waals surface area contributed by atoms with Crippen molar-refractivity contribution in [2.45, 2.75) is 20.3 Å². The van der Waals surface area contributed by atoms with Crippen LogP contribution >= 0.6 is 15.9 Å². The van der Waals surface area contributed by atoms with Crippen LogP contribution in [0, 0.1) is 13.8 Å². The van der Waals surface area contributed by atoms with Crippen LogP contribution in [0.15, 0.2) is 40.9 Å². The summed E-state index contributed by atoms with van der Waals surface area (Å²) >= 11 is 3.74. The Hall–Kier alpha value is -1.34. The van der Waals surface area contributed by atoms with E-state index in [1.807, 2.05) is 0 Å². The van der Waals surface area contributed by atoms with Crippen molar-refractivity contribution in [2.24, 2.45) is 0 Å². The summed E-state index contributed by atoms with van der Waals surface area (Å²) in [6.45, 7) is 4.39. The fourth-order valence-electron chi connectivity index (χ4n) is 2.75. The van der Waals surface area contributed by atoms with Crippen LogP contribution in [0.5, 0.6) is 0 Å². The Labute approximate surface area is 116 Å². The van der Waals surface area contributed by atoms with Gasteiger partial charge in [-0.15, -0.1) is 0 Å². The Morgan fingerprint density at radius 2 is 1.89 bits per heavy atom. The van der Waals surface area contributed by atoms with Crippen molar-refractivity contribution in [3.8, 4) is 11.1 Å². The first-order valence-electron chi connectivity index (χ1n) is 6.23. The quantitative estimate of drug-likeness (QED) is 0.670. The first-order valence-corrected chi connectivity index (χ1v) is 7.02. The Morgan fingerprint density at radius 1 is 1.11 bits per heavy atom. The predicted octanol–water partition coefficient (Wildman–Crippen LogP) is 5.30. The first-order chi connectivity index (χ1) is 8.68. The fourth-order valence-corrected chi connectivity index (χ4v) is 3.53. The Morgan fingerprint density at radius 3 is 2.67 bits per heavy atom. The van der Waals surface area contributed by atoms with Gasteiger partial charge in [-0.25, -0.2) is 0 Å². The first kappa shape index (κ1) is 11.7. The van der Waals surface area contributed by atoms with E-state index in [0.29, 0.717) is 0 Å². The van der Waals surface area contributed by atoms with Crippen molar-refractivity contribution in [1.29, 1.82) is 0 Å². The third-order valence-electron chi connectivity index (χ3n) is 3.70. The highest BCUT2D eigenvalue weighted by molar-refractivity contribution is 9.10. The van der Waals surface area contributed by atoms with Crippen LogP contribution in [0.1, 0.15) is 22.3 Å². The zero-order chi connectivity index (χ0) is 12.7. The standard InChI is InChI=1S/C17H15Br/c1-11-6-3-4-8-14(11)17-12(2)15-9-5-7-13(15)10-16(17)18/h3-6,8-10H,7H2,1-2H3. The maximum atomic E-state index is 3.74. The van der Waals surface area contributed by atoms with Gasteiger partial charge in [0.1, 0.15) is 0 Å². The predicted molar refractivity (Wildman–Crippen MR) is 81.8 cm³/mol. The third-order valence-corrected chi connectivity index (χ3v) is 4.33. The molecule has 2 aromatic rings. The SMILES string of the molecule is Cc1ccccc1-c1c(Br)cc2c(c1C)C=CC2. The van der Waals surface area contributed by atoms with Gasteiger partial charge >= 0.3 is 0 Å². The molecule has 0 N–H and O–H groups in total. The van der Waals surface area contributed by atoms with E-state index >= 15 is 0 Å². The Bertz CT molecular complexity index is 651. The van der Waals surface area contributed by atoms with Crippen LogP contribution < -0.4 is 0 Å². The van der Waals surface area contributed by atoms with E-state index in [0.717, 1.165) is 6.42 Å². The molecule has 0 saturated heterocycles. The average Bonchev–Trinajstić information content (AvgIpc) is 2.79. The lowest BCUT2D eigenvalue weighted by Crippen LogP contribution is -1.94. The minimum absolute atomic E-state index is 1.06. The largest absolute Gasteiger partial charge is 0.0795 e. The molecule has 0 spiro atoms. The Kier molecular flexibility index (Phi) is 2.87. The van der Waals surface area contributed by atoms with Crippen molar-refractivity contribution < 1.29 is 0 Å². The molecule has 1 heteroatoms. The summed E-state index contributed by atoms with van der Waals surface area (Å²) in [5.74, 6) is 0. The van der Waals surface area contributed by atoms with Crippen molar-refractivity contribution in [3.63, 3.8) is 0 Å². The van der Waals surface area contributed by atoms with E-state index in [-0.39, 0.29) is 0 Å². The molecule has 1 aliphatic rings. The van der Waals surface area contributed by atoms with Crippen LogP contribution in [-0.2, 0) is 6.42 Å². The number of aryl methyl sites for hydroxylation is 1.